The minimum Gasteiger partial charge on any atom is -0.250 e. The zero-order valence-electron chi connectivity index (χ0n) is 5.70. The fourth-order valence-corrected chi connectivity index (χ4v) is 1.38. The monoisotopic (exact) mass is 188 g/mol. The van der Waals surface area contributed by atoms with Crippen LogP contribution in [0.15, 0.2) is 10.6 Å². The summed E-state index contributed by atoms with van der Waals surface area (Å²) in [5, 5.41) is -0.00617. The van der Waals surface area contributed by atoms with E-state index in [0.29, 0.717) is 5.57 Å². The maximum absolute atomic E-state index is 11.8. The maximum Gasteiger partial charge on any atom is 0.407 e. The molecule has 0 aromatic heterocycles. The van der Waals surface area contributed by atoms with E-state index in [-0.39, 0.29) is 5.03 Å². The average molecular weight is 189 g/mol. The van der Waals surface area contributed by atoms with Crippen LogP contribution in [0.3, 0.4) is 0 Å². The summed E-state index contributed by atoms with van der Waals surface area (Å²) in [7, 11) is -4.97. The van der Waals surface area contributed by atoms with Gasteiger partial charge in [-0.2, -0.15) is 8.39 Å². The van der Waals surface area contributed by atoms with E-state index in [0.717, 1.165) is 0 Å². The lowest BCUT2D eigenvalue weighted by molar-refractivity contribution is 0.498. The van der Waals surface area contributed by atoms with Gasteiger partial charge in [-0.15, -0.1) is 0 Å². The van der Waals surface area contributed by atoms with Gasteiger partial charge in [-0.25, -0.2) is 4.57 Å². The molecule has 0 aliphatic rings. The molecule has 0 aliphatic heterocycles. The molecule has 0 bridgehead atoms. The van der Waals surface area contributed by atoms with Crippen molar-refractivity contribution in [3.8, 4) is 0 Å². The zero-order valence-corrected chi connectivity index (χ0v) is 7.35. The van der Waals surface area contributed by atoms with E-state index in [1.807, 2.05) is 0 Å². The first-order chi connectivity index (χ1) is 4.33. The molecule has 0 fully saturated rings. The van der Waals surface area contributed by atoms with E-state index >= 15 is 0 Å². The zero-order chi connectivity index (χ0) is 8.36. The molecule has 0 aromatic rings. The molecular weight excluding hydrogens is 180 g/mol. The van der Waals surface area contributed by atoms with Crippen molar-refractivity contribution in [1.29, 1.82) is 0 Å². The lowest BCUT2D eigenvalue weighted by atomic mass is 10.3. The molecule has 0 unspecified atom stereocenters. The normalized spacial score (nSPS) is 11.3. The molecule has 60 valence electrons. The minimum atomic E-state index is -4.97. The fraction of sp³-hybridized carbons (Fsp3) is 0.600. The van der Waals surface area contributed by atoms with Gasteiger partial charge in [0.15, 0.2) is 0 Å². The number of hydrogen-bond donors (Lipinski definition) is 0. The molecule has 0 amide bonds. The molecule has 0 aromatic carbocycles. The Bertz CT molecular complexity index is 192. The molecule has 0 saturated heterocycles. The summed E-state index contributed by atoms with van der Waals surface area (Å²) in [6.45, 7) is 3.19. The summed E-state index contributed by atoms with van der Waals surface area (Å²) in [5.41, 5.74) is 0.581. The van der Waals surface area contributed by atoms with Crippen molar-refractivity contribution in [2.75, 3.05) is 6.16 Å². The quantitative estimate of drug-likeness (QED) is 0.605. The molecule has 0 N–H and O–H groups in total. The molecule has 0 saturated carbocycles. The molecular formula is C5H8ClF2OP. The van der Waals surface area contributed by atoms with Crippen LogP contribution in [-0.2, 0) is 4.57 Å². The lowest BCUT2D eigenvalue weighted by Gasteiger charge is -1.98. The van der Waals surface area contributed by atoms with Crippen LogP contribution in [0, 0.1) is 0 Å². The van der Waals surface area contributed by atoms with Gasteiger partial charge in [0.25, 0.3) is 0 Å². The van der Waals surface area contributed by atoms with Crippen LogP contribution in [0.25, 0.3) is 0 Å². The molecule has 10 heavy (non-hydrogen) atoms. The van der Waals surface area contributed by atoms with Crippen LogP contribution in [0.2, 0.25) is 0 Å². The number of allylic oxidation sites excluding steroid dienone is 2. The summed E-state index contributed by atoms with van der Waals surface area (Å²) in [5.74, 6) is 0. The second kappa shape index (κ2) is 3.49. The average Bonchev–Trinajstić information content (AvgIpc) is 1.60. The molecule has 0 heterocycles. The molecule has 0 radical (unpaired) electrons. The Kier molecular flexibility index (Phi) is 3.54. The summed E-state index contributed by atoms with van der Waals surface area (Å²) < 4.78 is 33.4. The fourth-order valence-electron chi connectivity index (χ4n) is 0.320. The number of rotatable bonds is 2. The largest absolute Gasteiger partial charge is 0.407 e. The lowest BCUT2D eigenvalue weighted by Crippen LogP contribution is -1.82. The Hall–Kier alpha value is 0.120. The van der Waals surface area contributed by atoms with E-state index in [9.17, 15) is 13.0 Å². The van der Waals surface area contributed by atoms with Crippen LogP contribution in [0.4, 0.5) is 8.39 Å². The Morgan fingerprint density at radius 3 is 2.00 bits per heavy atom. The van der Waals surface area contributed by atoms with Crippen molar-refractivity contribution in [2.24, 2.45) is 0 Å². The molecule has 0 atom stereocenters. The smallest absolute Gasteiger partial charge is 0.250 e. The van der Waals surface area contributed by atoms with E-state index in [1.54, 1.807) is 13.8 Å². The highest BCUT2D eigenvalue weighted by Gasteiger charge is 2.20. The van der Waals surface area contributed by atoms with Gasteiger partial charge in [0.2, 0.25) is 0 Å². The Morgan fingerprint density at radius 2 is 1.90 bits per heavy atom. The topological polar surface area (TPSA) is 17.1 Å². The Balaban J connectivity index is 4.20. The second-order valence-electron chi connectivity index (χ2n) is 2.13. The molecule has 0 spiro atoms. The van der Waals surface area contributed by atoms with Crippen molar-refractivity contribution < 1.29 is 13.0 Å². The van der Waals surface area contributed by atoms with Gasteiger partial charge in [0.1, 0.15) is 0 Å². The maximum atomic E-state index is 11.8. The summed E-state index contributed by atoms with van der Waals surface area (Å²) in [6.07, 6.45) is -0.795. The van der Waals surface area contributed by atoms with Crippen LogP contribution in [0.1, 0.15) is 13.8 Å². The van der Waals surface area contributed by atoms with Crippen LogP contribution >= 0.6 is 19.4 Å². The number of hydrogen-bond acceptors (Lipinski definition) is 1. The third kappa shape index (κ3) is 4.95. The van der Waals surface area contributed by atoms with Crippen molar-refractivity contribution in [2.45, 2.75) is 13.8 Å². The van der Waals surface area contributed by atoms with Gasteiger partial charge in [-0.3, -0.25) is 0 Å². The predicted molar refractivity (Wildman–Crippen MR) is 38.9 cm³/mol. The van der Waals surface area contributed by atoms with Gasteiger partial charge in [-0.05, 0) is 13.8 Å². The molecule has 0 rings (SSSR count). The Labute approximate surface area is 63.7 Å². The minimum absolute atomic E-state index is 0.00617. The number of halogens is 3. The van der Waals surface area contributed by atoms with Gasteiger partial charge < -0.3 is 0 Å². The van der Waals surface area contributed by atoms with Crippen molar-refractivity contribution in [3.63, 3.8) is 0 Å². The van der Waals surface area contributed by atoms with Crippen molar-refractivity contribution >= 4 is 19.4 Å². The second-order valence-corrected chi connectivity index (χ2v) is 4.05. The first-order valence-corrected chi connectivity index (χ1v) is 4.68. The summed E-state index contributed by atoms with van der Waals surface area (Å²) >= 11 is 5.33. The highest BCUT2D eigenvalue weighted by atomic mass is 35.5. The van der Waals surface area contributed by atoms with E-state index in [4.69, 9.17) is 11.6 Å². The van der Waals surface area contributed by atoms with Crippen LogP contribution < -0.4 is 0 Å². The summed E-state index contributed by atoms with van der Waals surface area (Å²) in [6, 6.07) is 0. The third-order valence-corrected chi connectivity index (χ3v) is 2.25. The first-order valence-electron chi connectivity index (χ1n) is 2.63. The Morgan fingerprint density at radius 1 is 1.50 bits per heavy atom. The van der Waals surface area contributed by atoms with Gasteiger partial charge in [-0.1, -0.05) is 17.2 Å². The third-order valence-electron chi connectivity index (χ3n) is 0.865. The van der Waals surface area contributed by atoms with Gasteiger partial charge >= 0.3 is 7.76 Å². The summed E-state index contributed by atoms with van der Waals surface area (Å²) in [4.78, 5) is 0. The highest BCUT2D eigenvalue weighted by molar-refractivity contribution is 7.53. The van der Waals surface area contributed by atoms with Crippen LogP contribution in [-0.4, -0.2) is 6.16 Å². The van der Waals surface area contributed by atoms with Crippen LogP contribution in [0.5, 0.6) is 0 Å². The van der Waals surface area contributed by atoms with E-state index in [2.05, 4.69) is 0 Å². The molecule has 0 aliphatic carbocycles. The van der Waals surface area contributed by atoms with Crippen molar-refractivity contribution in [3.05, 3.63) is 10.6 Å². The first kappa shape index (κ1) is 10.1. The molecule has 1 nitrogen and oxygen atoms in total. The van der Waals surface area contributed by atoms with E-state index in [1.165, 1.54) is 0 Å². The highest BCUT2D eigenvalue weighted by Crippen LogP contribution is 2.51. The SMILES string of the molecule is CC(C)=C(Cl)CP(=O)(F)F. The predicted octanol–water partition coefficient (Wildman–Crippen LogP) is 3.65. The standard InChI is InChI=1S/C5H8ClF2OP/c1-4(2)5(6)3-10(7,8)9/h3H2,1-2H3. The van der Waals surface area contributed by atoms with E-state index < -0.39 is 13.9 Å². The van der Waals surface area contributed by atoms with Gasteiger partial charge in [0, 0.05) is 5.03 Å². The van der Waals surface area contributed by atoms with Gasteiger partial charge in [0.05, 0.1) is 6.16 Å². The van der Waals surface area contributed by atoms with Crippen molar-refractivity contribution in [1.82, 2.24) is 0 Å². The molecule has 5 heteroatoms.